The number of carbonyl (C=O) groups is 2. The molecule has 0 bridgehead atoms. The van der Waals surface area contributed by atoms with Gasteiger partial charge < -0.3 is 14.8 Å². The van der Waals surface area contributed by atoms with E-state index in [9.17, 15) is 9.59 Å². The molecule has 6 nitrogen and oxygen atoms in total. The third-order valence-electron chi connectivity index (χ3n) is 7.62. The van der Waals surface area contributed by atoms with Crippen molar-refractivity contribution in [1.29, 1.82) is 0 Å². The van der Waals surface area contributed by atoms with Crippen LogP contribution in [-0.4, -0.2) is 31.3 Å². The van der Waals surface area contributed by atoms with Gasteiger partial charge in [0.05, 0.1) is 12.2 Å². The number of aliphatic imine (C=N–C) groups is 1. The first-order valence-corrected chi connectivity index (χ1v) is 14.9. The molecule has 1 aromatic heterocycles. The van der Waals surface area contributed by atoms with Gasteiger partial charge >= 0.3 is 5.97 Å². The summed E-state index contributed by atoms with van der Waals surface area (Å²) in [5.74, 6) is 0.496. The summed E-state index contributed by atoms with van der Waals surface area (Å²) >= 11 is 1.60. The molecular weight excluding hydrogens is 532 g/mol. The van der Waals surface area contributed by atoms with E-state index in [0.717, 1.165) is 46.8 Å². The number of esters is 1. The minimum Gasteiger partial charge on any atom is -0.481 e. The molecule has 0 fully saturated rings. The maximum Gasteiger partial charge on any atom is 0.344 e. The van der Waals surface area contributed by atoms with Gasteiger partial charge in [-0.1, -0.05) is 69.3 Å². The molecule has 7 heteroatoms. The first kappa shape index (κ1) is 28.6. The highest BCUT2D eigenvalue weighted by atomic mass is 32.1. The number of amides is 1. The van der Waals surface area contributed by atoms with Gasteiger partial charge in [-0.15, -0.1) is 11.3 Å². The van der Waals surface area contributed by atoms with Crippen molar-refractivity contribution in [2.45, 2.75) is 47.0 Å². The number of hydrogen-bond donors (Lipinski definition) is 1. The number of hydrogen-bond acceptors (Lipinski definition) is 6. The van der Waals surface area contributed by atoms with Crippen LogP contribution in [0.15, 0.2) is 71.7 Å². The third-order valence-corrected chi connectivity index (χ3v) is 8.78. The van der Waals surface area contributed by atoms with Gasteiger partial charge in [-0.25, -0.2) is 9.79 Å². The summed E-state index contributed by atoms with van der Waals surface area (Å²) in [6.45, 7) is 8.73. The van der Waals surface area contributed by atoms with Gasteiger partial charge in [-0.3, -0.25) is 4.79 Å². The number of fused-ring (bicyclic) bond motifs is 2. The van der Waals surface area contributed by atoms with Gasteiger partial charge in [-0.05, 0) is 72.1 Å². The fraction of sp³-hybridized carbons (Fsp3) is 0.324. The fourth-order valence-electron chi connectivity index (χ4n) is 5.35. The molecule has 0 saturated heterocycles. The molecule has 212 valence electrons. The smallest absolute Gasteiger partial charge is 0.344 e. The lowest BCUT2D eigenvalue weighted by Crippen LogP contribution is -2.27. The molecule has 0 unspecified atom stereocenters. The summed E-state index contributed by atoms with van der Waals surface area (Å²) in [5.41, 5.74) is 3.44. The Balaban J connectivity index is 1.55. The van der Waals surface area contributed by atoms with Crippen LogP contribution in [0.2, 0.25) is 0 Å². The molecule has 0 spiro atoms. The number of nitrogens with zero attached hydrogens (tertiary/aromatic N) is 1. The number of thiophene rings is 1. The highest BCUT2D eigenvalue weighted by molar-refractivity contribution is 7.16. The van der Waals surface area contributed by atoms with Crippen LogP contribution in [0.5, 0.6) is 5.75 Å². The van der Waals surface area contributed by atoms with Crippen molar-refractivity contribution >= 4 is 50.9 Å². The number of ether oxygens (including phenoxy) is 2. The summed E-state index contributed by atoms with van der Waals surface area (Å²) in [7, 11) is 0. The molecule has 5 rings (SSSR count). The quantitative estimate of drug-likeness (QED) is 0.173. The fourth-order valence-corrected chi connectivity index (χ4v) is 6.62. The van der Waals surface area contributed by atoms with Crippen LogP contribution in [0.4, 0.5) is 10.7 Å². The van der Waals surface area contributed by atoms with E-state index < -0.39 is 5.97 Å². The van der Waals surface area contributed by atoms with Crippen LogP contribution in [0, 0.1) is 11.3 Å². The number of nitrogens with one attached hydrogen (secondary N) is 1. The van der Waals surface area contributed by atoms with Crippen LogP contribution < -0.4 is 10.1 Å². The molecule has 41 heavy (non-hydrogen) atoms. The Morgan fingerprint density at radius 2 is 1.80 bits per heavy atom. The van der Waals surface area contributed by atoms with E-state index in [0.29, 0.717) is 28.8 Å². The topological polar surface area (TPSA) is 77.0 Å². The van der Waals surface area contributed by atoms with Crippen molar-refractivity contribution in [3.05, 3.63) is 88.3 Å². The maximum atomic E-state index is 13.7. The molecule has 4 aromatic rings. The second kappa shape index (κ2) is 12.3. The van der Waals surface area contributed by atoms with Crippen LogP contribution in [0.1, 0.15) is 60.5 Å². The van der Waals surface area contributed by atoms with E-state index >= 15 is 0 Å². The molecule has 1 aliphatic rings. The van der Waals surface area contributed by atoms with Gasteiger partial charge in [0.1, 0.15) is 10.8 Å². The zero-order valence-electron chi connectivity index (χ0n) is 24.0. The number of anilines is 1. The lowest BCUT2D eigenvalue weighted by atomic mass is 9.72. The monoisotopic (exact) mass is 568 g/mol. The van der Waals surface area contributed by atoms with E-state index in [1.807, 2.05) is 66.7 Å². The number of benzene rings is 3. The van der Waals surface area contributed by atoms with Gasteiger partial charge in [-0.2, -0.15) is 0 Å². The van der Waals surface area contributed by atoms with Crippen molar-refractivity contribution in [3.8, 4) is 5.75 Å². The molecule has 3 aromatic carbocycles. The summed E-state index contributed by atoms with van der Waals surface area (Å²) in [6.07, 6.45) is 4.59. The molecule has 1 amide bonds. The molecule has 0 saturated carbocycles. The van der Waals surface area contributed by atoms with Crippen molar-refractivity contribution in [2.75, 3.05) is 18.5 Å². The minimum absolute atomic E-state index is 0.147. The predicted octanol–water partition coefficient (Wildman–Crippen LogP) is 8.00. The number of carbonyl (C=O) groups excluding carboxylic acids is 2. The number of para-hydroxylation sites is 1. The van der Waals surface area contributed by atoms with Gasteiger partial charge in [0.15, 0.2) is 6.61 Å². The Morgan fingerprint density at radius 1 is 1.05 bits per heavy atom. The Hall–Kier alpha value is -3.97. The Morgan fingerprint density at radius 3 is 2.56 bits per heavy atom. The maximum absolute atomic E-state index is 13.7. The van der Waals surface area contributed by atoms with Crippen LogP contribution in [0.3, 0.4) is 0 Å². The lowest BCUT2D eigenvalue weighted by molar-refractivity contribution is -0.145. The summed E-state index contributed by atoms with van der Waals surface area (Å²) in [6, 6.07) is 21.3. The van der Waals surface area contributed by atoms with Crippen LogP contribution >= 0.6 is 11.3 Å². The Labute approximate surface area is 245 Å². The molecular formula is C34H36N2O4S. The SMILES string of the molecule is CCOC(=O)COc1ccc2ccccc2c1C=Nc1sc2c(c1C(=O)Nc1ccccc1)CC[C@@H](C(C)(C)C)C2. The summed E-state index contributed by atoms with van der Waals surface area (Å²) < 4.78 is 10.9. The molecule has 0 aliphatic heterocycles. The molecule has 1 heterocycles. The standard InChI is InChI=1S/C34H36N2O4S/c1-5-39-30(37)21-40-28-18-15-22-11-9-10-14-25(22)27(28)20-35-33-31(32(38)36-24-12-7-6-8-13-24)26-17-16-23(34(2,3)4)19-29(26)41-33/h6-15,18,20,23H,5,16-17,19,21H2,1-4H3,(H,36,38)/t23-/m1/s1. The molecule has 0 radical (unpaired) electrons. The van der Waals surface area contributed by atoms with Crippen LogP contribution in [-0.2, 0) is 22.4 Å². The van der Waals surface area contributed by atoms with Crippen molar-refractivity contribution in [1.82, 2.24) is 0 Å². The summed E-state index contributed by atoms with van der Waals surface area (Å²) in [5, 5.41) is 5.73. The largest absolute Gasteiger partial charge is 0.481 e. The van der Waals surface area contributed by atoms with Gasteiger partial charge in [0, 0.05) is 22.3 Å². The second-order valence-electron chi connectivity index (χ2n) is 11.4. The normalized spacial score (nSPS) is 15.1. The highest BCUT2D eigenvalue weighted by Gasteiger charge is 2.33. The molecule has 1 atom stereocenters. The van der Waals surface area contributed by atoms with Crippen molar-refractivity contribution in [3.63, 3.8) is 0 Å². The zero-order chi connectivity index (χ0) is 29.0. The summed E-state index contributed by atoms with van der Waals surface area (Å²) in [4.78, 5) is 31.9. The van der Waals surface area contributed by atoms with Crippen molar-refractivity contribution in [2.24, 2.45) is 16.3 Å². The van der Waals surface area contributed by atoms with E-state index in [-0.39, 0.29) is 17.9 Å². The lowest BCUT2D eigenvalue weighted by Gasteiger charge is -2.33. The number of rotatable bonds is 8. The molecule has 1 aliphatic carbocycles. The van der Waals surface area contributed by atoms with Crippen molar-refractivity contribution < 1.29 is 19.1 Å². The third kappa shape index (κ3) is 6.51. The Kier molecular flexibility index (Phi) is 8.54. The van der Waals surface area contributed by atoms with Crippen LogP contribution in [0.25, 0.3) is 10.8 Å². The van der Waals surface area contributed by atoms with Gasteiger partial charge in [0.2, 0.25) is 0 Å². The van der Waals surface area contributed by atoms with E-state index in [2.05, 4.69) is 26.1 Å². The van der Waals surface area contributed by atoms with E-state index in [4.69, 9.17) is 14.5 Å². The van der Waals surface area contributed by atoms with E-state index in [1.165, 1.54) is 4.88 Å². The first-order valence-electron chi connectivity index (χ1n) is 14.1. The van der Waals surface area contributed by atoms with Gasteiger partial charge in [0.25, 0.3) is 5.91 Å². The zero-order valence-corrected chi connectivity index (χ0v) is 24.8. The highest BCUT2D eigenvalue weighted by Crippen LogP contribution is 2.45. The second-order valence-corrected chi connectivity index (χ2v) is 12.4. The Bertz CT molecular complexity index is 1580. The minimum atomic E-state index is -0.428. The van der Waals surface area contributed by atoms with E-state index in [1.54, 1.807) is 24.5 Å². The first-order chi connectivity index (χ1) is 19.7. The molecule has 1 N–H and O–H groups in total. The average molecular weight is 569 g/mol. The average Bonchev–Trinajstić information content (AvgIpc) is 3.33. The predicted molar refractivity (Wildman–Crippen MR) is 167 cm³/mol.